The van der Waals surface area contributed by atoms with Crippen molar-refractivity contribution in [3.63, 3.8) is 0 Å². The highest BCUT2D eigenvalue weighted by Gasteiger charge is 2.36. The van der Waals surface area contributed by atoms with E-state index in [0.29, 0.717) is 45.3 Å². The number of nitrogens with two attached hydrogens (primary N) is 3. The first kappa shape index (κ1) is 28.9. The van der Waals surface area contributed by atoms with Crippen LogP contribution in [0.1, 0.15) is 38.5 Å². The van der Waals surface area contributed by atoms with Crippen molar-refractivity contribution in [3.8, 4) is 0 Å². The molecule has 3 amide bonds. The van der Waals surface area contributed by atoms with Crippen molar-refractivity contribution in [1.82, 2.24) is 14.9 Å². The summed E-state index contributed by atoms with van der Waals surface area (Å²) in [5.41, 5.74) is 16.6. The summed E-state index contributed by atoms with van der Waals surface area (Å²) >= 11 is 0. The van der Waals surface area contributed by atoms with Gasteiger partial charge in [0.2, 0.25) is 17.7 Å². The van der Waals surface area contributed by atoms with Crippen molar-refractivity contribution in [2.45, 2.75) is 55.5 Å². The van der Waals surface area contributed by atoms with Crippen molar-refractivity contribution in [3.05, 3.63) is 42.5 Å². The van der Waals surface area contributed by atoms with Gasteiger partial charge >= 0.3 is 0 Å². The average molecular weight is 546 g/mol. The highest BCUT2D eigenvalue weighted by Crippen LogP contribution is 2.20. The molecule has 0 radical (unpaired) electrons. The van der Waals surface area contributed by atoms with Crippen LogP contribution in [-0.4, -0.2) is 68.7 Å². The van der Waals surface area contributed by atoms with Crippen LogP contribution in [0.5, 0.6) is 0 Å². The number of nitrogens with zero attached hydrogens (tertiary/aromatic N) is 2. The van der Waals surface area contributed by atoms with E-state index in [2.05, 4.69) is 10.3 Å². The number of rotatable bonds is 12. The number of carbonyl (C=O) groups is 3. The number of likely N-dealkylation sites (tertiary alicyclic amines) is 1. The van der Waals surface area contributed by atoms with Gasteiger partial charge in [-0.25, -0.2) is 13.1 Å². The molecule has 2 atom stereocenters. The third-order valence-corrected chi connectivity index (χ3v) is 7.67. The fourth-order valence-electron chi connectivity index (χ4n) is 4.29. The van der Waals surface area contributed by atoms with Crippen LogP contribution in [0, 0.1) is 0 Å². The number of amides is 3. The smallest absolute Gasteiger partial charge is 0.264 e. The number of benzene rings is 2. The van der Waals surface area contributed by atoms with Crippen molar-refractivity contribution in [1.29, 1.82) is 0 Å². The number of nitrogens with one attached hydrogen (secondary N) is 2. The van der Waals surface area contributed by atoms with E-state index < -0.39 is 33.9 Å². The minimum Gasteiger partial charge on any atom is -0.370 e. The predicted octanol–water partition coefficient (Wildman–Crippen LogP) is -0.0870. The number of fused-ring (bicyclic) bond motifs is 1. The summed E-state index contributed by atoms with van der Waals surface area (Å²) in [4.78, 5) is 43.2. The van der Waals surface area contributed by atoms with E-state index in [1.165, 1.54) is 17.0 Å². The average Bonchev–Trinajstić information content (AvgIpc) is 3.38. The summed E-state index contributed by atoms with van der Waals surface area (Å²) in [5, 5.41) is 4.43. The van der Waals surface area contributed by atoms with E-state index in [0.717, 1.165) is 10.8 Å². The lowest BCUT2D eigenvalue weighted by Crippen LogP contribution is -2.51. The molecule has 3 rings (SSSR count). The Morgan fingerprint density at radius 3 is 2.55 bits per heavy atom. The van der Waals surface area contributed by atoms with E-state index >= 15 is 0 Å². The standard InChI is InChI=1S/C25H35N7O5S/c26-20(24(35)32-15-5-8-21(32)23(34)29-13-3-4-14-30-25(27)28)11-12-22(33)31-38(36,37)19-10-9-17-6-1-2-7-18(17)16-19/h1-2,6-7,9-10,16,20-21H,3-5,8,11-15,26H2,(H,29,34)(H,31,33)(H4,27,28,30)/t20-,21+/m1/s1. The van der Waals surface area contributed by atoms with Crippen molar-refractivity contribution >= 4 is 44.5 Å². The van der Waals surface area contributed by atoms with Gasteiger partial charge in [-0.3, -0.25) is 19.4 Å². The van der Waals surface area contributed by atoms with E-state index in [4.69, 9.17) is 17.2 Å². The van der Waals surface area contributed by atoms with Gasteiger partial charge in [-0.05, 0) is 55.0 Å². The number of carbonyl (C=O) groups excluding carboxylic acids is 3. The first-order valence-corrected chi connectivity index (χ1v) is 14.0. The summed E-state index contributed by atoms with van der Waals surface area (Å²) in [6.07, 6.45) is 2.23. The summed E-state index contributed by atoms with van der Waals surface area (Å²) in [6.45, 7) is 1.28. The van der Waals surface area contributed by atoms with Gasteiger partial charge in [0.1, 0.15) is 6.04 Å². The largest absolute Gasteiger partial charge is 0.370 e. The summed E-state index contributed by atoms with van der Waals surface area (Å²) in [7, 11) is -4.08. The molecule has 1 fully saturated rings. The third kappa shape index (κ3) is 7.89. The molecule has 1 aliphatic rings. The number of hydrogen-bond acceptors (Lipinski definition) is 7. The molecule has 1 saturated heterocycles. The molecule has 0 bridgehead atoms. The Morgan fingerprint density at radius 1 is 1.08 bits per heavy atom. The SMILES string of the molecule is NC(N)=NCCCCNC(=O)[C@@H]1CCCN1C(=O)[C@H](N)CCC(=O)NS(=O)(=O)c1ccc2ccccc2c1. The normalized spacial score (nSPS) is 16.1. The zero-order valence-corrected chi connectivity index (χ0v) is 22.0. The first-order valence-electron chi connectivity index (χ1n) is 12.5. The predicted molar refractivity (Wildman–Crippen MR) is 144 cm³/mol. The molecule has 13 heteroatoms. The van der Waals surface area contributed by atoms with Crippen LogP contribution in [-0.2, 0) is 24.4 Å². The van der Waals surface area contributed by atoms with Gasteiger partial charge in [-0.15, -0.1) is 0 Å². The van der Waals surface area contributed by atoms with Gasteiger partial charge in [0.15, 0.2) is 5.96 Å². The minimum atomic E-state index is -4.08. The van der Waals surface area contributed by atoms with Crippen LogP contribution in [0.15, 0.2) is 52.4 Å². The lowest BCUT2D eigenvalue weighted by molar-refractivity contribution is -0.139. The van der Waals surface area contributed by atoms with Gasteiger partial charge in [-0.1, -0.05) is 30.3 Å². The van der Waals surface area contributed by atoms with Gasteiger partial charge in [0, 0.05) is 26.1 Å². The zero-order valence-electron chi connectivity index (χ0n) is 21.1. The Morgan fingerprint density at radius 2 is 1.82 bits per heavy atom. The molecule has 2 aromatic rings. The molecular weight excluding hydrogens is 510 g/mol. The Labute approximate surface area is 222 Å². The Hall–Kier alpha value is -3.71. The number of hydrogen-bond donors (Lipinski definition) is 5. The molecule has 206 valence electrons. The summed E-state index contributed by atoms with van der Waals surface area (Å²) < 4.78 is 27.4. The maximum atomic E-state index is 12.9. The quantitative estimate of drug-likeness (QED) is 0.138. The van der Waals surface area contributed by atoms with Crippen LogP contribution < -0.4 is 27.2 Å². The summed E-state index contributed by atoms with van der Waals surface area (Å²) in [6, 6.07) is 10.2. The Balaban J connectivity index is 1.47. The highest BCUT2D eigenvalue weighted by molar-refractivity contribution is 7.90. The number of guanidine groups is 1. The maximum Gasteiger partial charge on any atom is 0.264 e. The van der Waals surface area contributed by atoms with Crippen LogP contribution >= 0.6 is 0 Å². The molecule has 0 spiro atoms. The minimum absolute atomic E-state index is 0.0227. The second kappa shape index (κ2) is 13.2. The van der Waals surface area contributed by atoms with Gasteiger partial charge in [0.25, 0.3) is 10.0 Å². The van der Waals surface area contributed by atoms with Crippen LogP contribution in [0.4, 0.5) is 0 Å². The van der Waals surface area contributed by atoms with Crippen LogP contribution in [0.2, 0.25) is 0 Å². The molecule has 1 aliphatic heterocycles. The molecule has 8 N–H and O–H groups in total. The number of aliphatic imine (C=N–C) groups is 1. The van der Waals surface area contributed by atoms with E-state index in [1.807, 2.05) is 16.9 Å². The van der Waals surface area contributed by atoms with Crippen molar-refractivity contribution in [2.75, 3.05) is 19.6 Å². The molecule has 1 heterocycles. The lowest BCUT2D eigenvalue weighted by atomic mass is 10.1. The zero-order chi connectivity index (χ0) is 27.7. The Kier molecular flexibility index (Phi) is 10.0. The van der Waals surface area contributed by atoms with E-state index in [-0.39, 0.29) is 29.6 Å². The fourth-order valence-corrected chi connectivity index (χ4v) is 5.34. The topological polar surface area (TPSA) is 203 Å². The second-order valence-corrected chi connectivity index (χ2v) is 10.9. The first-order chi connectivity index (χ1) is 18.1. The third-order valence-electron chi connectivity index (χ3n) is 6.30. The highest BCUT2D eigenvalue weighted by atomic mass is 32.2. The molecule has 12 nitrogen and oxygen atoms in total. The number of unbranched alkanes of at least 4 members (excludes halogenated alkanes) is 1. The van der Waals surface area contributed by atoms with Crippen LogP contribution in [0.3, 0.4) is 0 Å². The molecule has 2 aromatic carbocycles. The monoisotopic (exact) mass is 545 g/mol. The molecule has 38 heavy (non-hydrogen) atoms. The second-order valence-electron chi connectivity index (χ2n) is 9.18. The molecule has 0 unspecified atom stereocenters. The molecule has 0 aromatic heterocycles. The molecule has 0 aliphatic carbocycles. The molecular formula is C25H35N7O5S. The van der Waals surface area contributed by atoms with E-state index in [1.54, 1.807) is 18.2 Å². The number of sulfonamides is 1. The van der Waals surface area contributed by atoms with Crippen molar-refractivity contribution < 1.29 is 22.8 Å². The van der Waals surface area contributed by atoms with Gasteiger partial charge in [-0.2, -0.15) is 0 Å². The summed E-state index contributed by atoms with van der Waals surface area (Å²) in [5.74, 6) is -1.45. The van der Waals surface area contributed by atoms with Crippen molar-refractivity contribution in [2.24, 2.45) is 22.2 Å². The maximum absolute atomic E-state index is 12.9. The lowest BCUT2D eigenvalue weighted by Gasteiger charge is -2.26. The Bertz CT molecular complexity index is 1290. The van der Waals surface area contributed by atoms with E-state index in [9.17, 15) is 22.8 Å². The fraction of sp³-hybridized carbons (Fsp3) is 0.440. The van der Waals surface area contributed by atoms with Crippen LogP contribution in [0.25, 0.3) is 10.8 Å². The molecule has 0 saturated carbocycles. The van der Waals surface area contributed by atoms with Gasteiger partial charge in [0.05, 0.1) is 10.9 Å². The van der Waals surface area contributed by atoms with Gasteiger partial charge < -0.3 is 27.4 Å².